The van der Waals surface area contributed by atoms with E-state index in [9.17, 15) is 13.2 Å². The Morgan fingerprint density at radius 1 is 0.906 bits per heavy atom. The number of ether oxygens (including phenoxy) is 2. The van der Waals surface area contributed by atoms with Crippen LogP contribution < -0.4 is 19.1 Å². The van der Waals surface area contributed by atoms with Crippen LogP contribution in [0.3, 0.4) is 0 Å². The fourth-order valence-corrected chi connectivity index (χ4v) is 4.41. The molecule has 0 radical (unpaired) electrons. The Kier molecular flexibility index (Phi) is 7.05. The summed E-state index contributed by atoms with van der Waals surface area (Å²) in [5.74, 6) is 0.922. The van der Waals surface area contributed by atoms with Crippen LogP contribution in [0.1, 0.15) is 28.9 Å². The molecule has 0 unspecified atom stereocenters. The lowest BCUT2D eigenvalue weighted by Gasteiger charge is -2.20. The van der Waals surface area contributed by atoms with Gasteiger partial charge in [-0.2, -0.15) is 0 Å². The molecular weight excluding hydrogens is 428 g/mol. The summed E-state index contributed by atoms with van der Waals surface area (Å²) in [6.45, 7) is 1.87. The molecule has 0 heterocycles. The fourth-order valence-electron chi connectivity index (χ4n) is 3.20. The lowest BCUT2D eigenvalue weighted by Crippen LogP contribution is -2.28. The van der Waals surface area contributed by atoms with Gasteiger partial charge in [0.15, 0.2) is 11.5 Å². The Hall–Kier alpha value is -3.52. The Labute approximate surface area is 188 Å². The second-order valence-electron chi connectivity index (χ2n) is 7.14. The topological polar surface area (TPSA) is 84.9 Å². The lowest BCUT2D eigenvalue weighted by atomic mass is 10.1. The van der Waals surface area contributed by atoms with Gasteiger partial charge < -0.3 is 14.8 Å². The van der Waals surface area contributed by atoms with Gasteiger partial charge in [0.25, 0.3) is 15.9 Å². The molecule has 3 aromatic rings. The molecule has 0 bridgehead atoms. The third-order valence-electron chi connectivity index (χ3n) is 5.15. The van der Waals surface area contributed by atoms with Gasteiger partial charge in [0.05, 0.1) is 30.8 Å². The summed E-state index contributed by atoms with van der Waals surface area (Å²) in [6.07, 6.45) is 0. The minimum absolute atomic E-state index is 0.202. The summed E-state index contributed by atoms with van der Waals surface area (Å²) in [4.78, 5) is 12.9. The van der Waals surface area contributed by atoms with E-state index < -0.39 is 10.0 Å². The number of carbonyl (C=O) groups is 1. The van der Waals surface area contributed by atoms with Gasteiger partial charge in [0.2, 0.25) is 0 Å². The van der Waals surface area contributed by atoms with E-state index in [1.807, 2.05) is 19.1 Å². The summed E-state index contributed by atoms with van der Waals surface area (Å²) < 4.78 is 37.3. The van der Waals surface area contributed by atoms with Crippen LogP contribution in [0.2, 0.25) is 0 Å². The number of nitrogens with one attached hydrogen (secondary N) is 1. The number of anilines is 1. The first-order valence-electron chi connectivity index (χ1n) is 9.94. The normalized spacial score (nSPS) is 12.0. The molecule has 0 saturated heterocycles. The molecule has 3 rings (SSSR count). The monoisotopic (exact) mass is 454 g/mol. The van der Waals surface area contributed by atoms with Gasteiger partial charge in [-0.3, -0.25) is 9.10 Å². The molecule has 7 nitrogen and oxygen atoms in total. The molecule has 0 aliphatic heterocycles. The highest BCUT2D eigenvalue weighted by atomic mass is 32.2. The molecule has 0 spiro atoms. The number of rotatable bonds is 8. The third kappa shape index (κ3) is 4.86. The Morgan fingerprint density at radius 3 is 2.12 bits per heavy atom. The molecular formula is C24H26N2O5S. The quantitative estimate of drug-likeness (QED) is 0.556. The van der Waals surface area contributed by atoms with E-state index in [1.54, 1.807) is 74.9 Å². The van der Waals surface area contributed by atoms with E-state index in [0.29, 0.717) is 22.7 Å². The summed E-state index contributed by atoms with van der Waals surface area (Å²) in [6, 6.07) is 19.8. The molecule has 0 saturated carbocycles. The van der Waals surface area contributed by atoms with E-state index in [0.717, 1.165) is 5.56 Å². The summed E-state index contributed by atoms with van der Waals surface area (Å²) in [5.41, 5.74) is 1.74. The Balaban J connectivity index is 1.72. The number of methoxy groups -OCH3 is 2. The van der Waals surface area contributed by atoms with Crippen LogP contribution in [0.15, 0.2) is 77.7 Å². The first-order chi connectivity index (χ1) is 15.3. The van der Waals surface area contributed by atoms with E-state index in [4.69, 9.17) is 9.47 Å². The molecule has 0 aliphatic carbocycles. The summed E-state index contributed by atoms with van der Waals surface area (Å²) >= 11 is 0. The van der Waals surface area contributed by atoms with Crippen molar-refractivity contribution in [1.29, 1.82) is 0 Å². The molecule has 1 atom stereocenters. The number of carbonyl (C=O) groups excluding carboxylic acids is 1. The first kappa shape index (κ1) is 23.1. The number of hydrogen-bond donors (Lipinski definition) is 1. The second-order valence-corrected chi connectivity index (χ2v) is 9.11. The zero-order valence-electron chi connectivity index (χ0n) is 18.4. The molecule has 8 heteroatoms. The molecule has 168 valence electrons. The van der Waals surface area contributed by atoms with Crippen molar-refractivity contribution >= 4 is 21.6 Å². The predicted octanol–water partition coefficient (Wildman–Crippen LogP) is 4.02. The molecule has 0 aromatic heterocycles. The Morgan fingerprint density at radius 2 is 1.53 bits per heavy atom. The van der Waals surface area contributed by atoms with Crippen LogP contribution in [-0.4, -0.2) is 35.6 Å². The smallest absolute Gasteiger partial charge is 0.264 e. The molecule has 0 fully saturated rings. The average Bonchev–Trinajstić information content (AvgIpc) is 2.83. The molecule has 3 aromatic carbocycles. The van der Waals surface area contributed by atoms with Crippen molar-refractivity contribution in [2.24, 2.45) is 0 Å². The maximum atomic E-state index is 12.8. The minimum Gasteiger partial charge on any atom is -0.493 e. The van der Waals surface area contributed by atoms with Crippen molar-refractivity contribution in [3.63, 3.8) is 0 Å². The average molecular weight is 455 g/mol. The fraction of sp³-hybridized carbons (Fsp3) is 0.208. The maximum absolute atomic E-state index is 12.8. The van der Waals surface area contributed by atoms with Crippen molar-refractivity contribution in [2.45, 2.75) is 17.9 Å². The SMILES string of the molecule is COc1ccc([C@@H](C)NC(=O)c2ccc(N(C)S(=O)(=O)c3ccccc3)cc2)cc1OC. The van der Waals surface area contributed by atoms with Crippen molar-refractivity contribution in [1.82, 2.24) is 5.32 Å². The molecule has 1 N–H and O–H groups in total. The van der Waals surface area contributed by atoms with Crippen molar-refractivity contribution < 1.29 is 22.7 Å². The summed E-state index contributed by atoms with van der Waals surface area (Å²) in [7, 11) is 0.922. The van der Waals surface area contributed by atoms with Crippen molar-refractivity contribution in [3.05, 3.63) is 83.9 Å². The predicted molar refractivity (Wildman–Crippen MR) is 124 cm³/mol. The van der Waals surface area contributed by atoms with Crippen LogP contribution in [0.4, 0.5) is 5.69 Å². The van der Waals surface area contributed by atoms with E-state index in [-0.39, 0.29) is 16.8 Å². The van der Waals surface area contributed by atoms with E-state index >= 15 is 0 Å². The van der Waals surface area contributed by atoms with Gasteiger partial charge in [-0.1, -0.05) is 24.3 Å². The van der Waals surface area contributed by atoms with Crippen molar-refractivity contribution in [2.75, 3.05) is 25.6 Å². The standard InChI is InChI=1S/C24H26N2O5S/c1-17(19-12-15-22(30-3)23(16-19)31-4)25-24(27)18-10-13-20(14-11-18)26(2)32(28,29)21-8-6-5-7-9-21/h5-17H,1-4H3,(H,25,27)/t17-/m1/s1. The van der Waals surface area contributed by atoms with Crippen LogP contribution in [0, 0.1) is 0 Å². The highest BCUT2D eigenvalue weighted by Crippen LogP contribution is 2.30. The first-order valence-corrected chi connectivity index (χ1v) is 11.4. The van der Waals surface area contributed by atoms with Gasteiger partial charge in [-0.15, -0.1) is 0 Å². The van der Waals surface area contributed by atoms with E-state index in [2.05, 4.69) is 5.32 Å². The van der Waals surface area contributed by atoms with Crippen LogP contribution in [-0.2, 0) is 10.0 Å². The maximum Gasteiger partial charge on any atom is 0.264 e. The molecule has 1 amide bonds. The zero-order chi connectivity index (χ0) is 23.3. The van der Waals surface area contributed by atoms with Gasteiger partial charge in [0.1, 0.15) is 0 Å². The van der Waals surface area contributed by atoms with Crippen LogP contribution in [0.5, 0.6) is 11.5 Å². The van der Waals surface area contributed by atoms with Crippen LogP contribution in [0.25, 0.3) is 0 Å². The highest BCUT2D eigenvalue weighted by molar-refractivity contribution is 7.92. The van der Waals surface area contributed by atoms with Gasteiger partial charge in [-0.05, 0) is 61.0 Å². The Bertz CT molecular complexity index is 1180. The molecule has 0 aliphatic rings. The van der Waals surface area contributed by atoms with E-state index in [1.165, 1.54) is 11.4 Å². The third-order valence-corrected chi connectivity index (χ3v) is 6.95. The number of sulfonamides is 1. The van der Waals surface area contributed by atoms with Gasteiger partial charge >= 0.3 is 0 Å². The summed E-state index contributed by atoms with van der Waals surface area (Å²) in [5, 5.41) is 2.94. The number of benzene rings is 3. The number of amides is 1. The zero-order valence-corrected chi connectivity index (χ0v) is 19.2. The number of hydrogen-bond acceptors (Lipinski definition) is 5. The number of nitrogens with zero attached hydrogens (tertiary/aromatic N) is 1. The second kappa shape index (κ2) is 9.74. The highest BCUT2D eigenvalue weighted by Gasteiger charge is 2.21. The lowest BCUT2D eigenvalue weighted by molar-refractivity contribution is 0.0940. The van der Waals surface area contributed by atoms with Gasteiger partial charge in [-0.25, -0.2) is 8.42 Å². The minimum atomic E-state index is -3.68. The van der Waals surface area contributed by atoms with Gasteiger partial charge in [0, 0.05) is 12.6 Å². The molecule has 32 heavy (non-hydrogen) atoms. The van der Waals surface area contributed by atoms with Crippen molar-refractivity contribution in [3.8, 4) is 11.5 Å². The van der Waals surface area contributed by atoms with Crippen LogP contribution >= 0.6 is 0 Å². The largest absolute Gasteiger partial charge is 0.493 e.